The summed E-state index contributed by atoms with van der Waals surface area (Å²) in [5, 5.41) is 4.47. The molecule has 8 heteroatoms. The highest BCUT2D eigenvalue weighted by Gasteiger charge is 2.41. The van der Waals surface area contributed by atoms with E-state index in [1.54, 1.807) is 27.0 Å². The average Bonchev–Trinajstić information content (AvgIpc) is 3.30. The highest BCUT2D eigenvalue weighted by atomic mass is 16.7. The Kier molecular flexibility index (Phi) is 5.14. The summed E-state index contributed by atoms with van der Waals surface area (Å²) >= 11 is 0. The van der Waals surface area contributed by atoms with Gasteiger partial charge >= 0.3 is 6.09 Å². The van der Waals surface area contributed by atoms with E-state index in [0.29, 0.717) is 29.9 Å². The van der Waals surface area contributed by atoms with Crippen LogP contribution in [-0.2, 0) is 16.0 Å². The number of benzene rings is 2. The SMILES string of the molecule is CC(C)(C)OC(=O)N1CCC2=C(C1=O)C(Cc1ccc3c(c1)OCO3)c1c(ccc3ncccc13)N2. The first-order valence-electron chi connectivity index (χ1n) is 12.1. The first-order valence-corrected chi connectivity index (χ1v) is 12.1. The lowest BCUT2D eigenvalue weighted by Crippen LogP contribution is -2.47. The molecule has 184 valence electrons. The monoisotopic (exact) mass is 485 g/mol. The predicted octanol–water partition coefficient (Wildman–Crippen LogP) is 5.14. The fourth-order valence-electron chi connectivity index (χ4n) is 5.19. The maximum absolute atomic E-state index is 13.9. The molecule has 3 aromatic rings. The molecule has 3 aliphatic heterocycles. The van der Waals surface area contributed by atoms with Crippen LogP contribution in [0.5, 0.6) is 11.5 Å². The van der Waals surface area contributed by atoms with E-state index in [1.165, 1.54) is 4.90 Å². The van der Waals surface area contributed by atoms with Gasteiger partial charge in [0.15, 0.2) is 11.5 Å². The normalized spacial score (nSPS) is 18.6. The fourth-order valence-corrected chi connectivity index (χ4v) is 5.19. The minimum atomic E-state index is -0.697. The van der Waals surface area contributed by atoms with Crippen LogP contribution < -0.4 is 14.8 Å². The molecule has 0 bridgehead atoms. The third kappa shape index (κ3) is 3.82. The summed E-state index contributed by atoms with van der Waals surface area (Å²) in [6.07, 6.45) is 2.22. The maximum atomic E-state index is 13.9. The molecule has 0 spiro atoms. The number of carbonyl (C=O) groups is 2. The van der Waals surface area contributed by atoms with Crippen LogP contribution in [0, 0.1) is 0 Å². The van der Waals surface area contributed by atoms with Crippen LogP contribution in [-0.4, -0.2) is 40.8 Å². The van der Waals surface area contributed by atoms with Crippen molar-refractivity contribution in [1.82, 2.24) is 9.88 Å². The third-order valence-electron chi connectivity index (χ3n) is 6.69. The number of fused-ring (bicyclic) bond motifs is 4. The number of amides is 2. The molecule has 2 aromatic carbocycles. The molecule has 8 nitrogen and oxygen atoms in total. The molecule has 0 saturated carbocycles. The Hall–Kier alpha value is -4.07. The second-order valence-electron chi connectivity index (χ2n) is 10.2. The molecule has 0 aliphatic carbocycles. The van der Waals surface area contributed by atoms with Gasteiger partial charge < -0.3 is 19.5 Å². The van der Waals surface area contributed by atoms with Crippen molar-refractivity contribution >= 4 is 28.6 Å². The number of hydrogen-bond acceptors (Lipinski definition) is 7. The molecule has 2 amide bonds. The van der Waals surface area contributed by atoms with E-state index in [2.05, 4.69) is 10.3 Å². The lowest BCUT2D eigenvalue weighted by molar-refractivity contribution is -0.127. The Balaban J connectivity index is 1.46. The largest absolute Gasteiger partial charge is 0.454 e. The molecule has 0 fully saturated rings. The first-order chi connectivity index (χ1) is 17.3. The van der Waals surface area contributed by atoms with Crippen LogP contribution in [0.15, 0.2) is 59.9 Å². The second-order valence-corrected chi connectivity index (χ2v) is 10.2. The van der Waals surface area contributed by atoms with Gasteiger partial charge in [-0.25, -0.2) is 9.69 Å². The molecule has 3 aliphatic rings. The van der Waals surface area contributed by atoms with Gasteiger partial charge in [-0.15, -0.1) is 0 Å². The minimum Gasteiger partial charge on any atom is -0.454 e. The zero-order valence-electron chi connectivity index (χ0n) is 20.5. The number of hydrogen-bond donors (Lipinski definition) is 1. The lowest BCUT2D eigenvalue weighted by Gasteiger charge is -2.38. The smallest absolute Gasteiger partial charge is 0.417 e. The molecule has 1 N–H and O–H groups in total. The van der Waals surface area contributed by atoms with E-state index in [0.717, 1.165) is 33.4 Å². The second kappa shape index (κ2) is 8.26. The predicted molar refractivity (Wildman–Crippen MR) is 134 cm³/mol. The fraction of sp³-hybridized carbons (Fsp3) is 0.321. The summed E-state index contributed by atoms with van der Waals surface area (Å²) in [5.74, 6) is 0.794. The maximum Gasteiger partial charge on any atom is 0.417 e. The average molecular weight is 486 g/mol. The quantitative estimate of drug-likeness (QED) is 0.538. The number of imide groups is 1. The summed E-state index contributed by atoms with van der Waals surface area (Å²) in [4.78, 5) is 32.6. The zero-order valence-corrected chi connectivity index (χ0v) is 20.5. The molecule has 1 atom stereocenters. The number of nitrogens with one attached hydrogen (secondary N) is 1. The van der Waals surface area contributed by atoms with Gasteiger partial charge in [-0.3, -0.25) is 9.78 Å². The Labute approximate surface area is 208 Å². The van der Waals surface area contributed by atoms with E-state index >= 15 is 0 Å². The van der Waals surface area contributed by atoms with Gasteiger partial charge in [-0.05, 0) is 68.7 Å². The molecular weight excluding hydrogens is 458 g/mol. The number of aromatic nitrogens is 1. The molecule has 0 radical (unpaired) electrons. The molecule has 4 heterocycles. The summed E-state index contributed by atoms with van der Waals surface area (Å²) in [6.45, 7) is 5.85. The van der Waals surface area contributed by atoms with Crippen LogP contribution >= 0.6 is 0 Å². The minimum absolute atomic E-state index is 0.198. The molecule has 0 saturated heterocycles. The molecular formula is C28H27N3O5. The van der Waals surface area contributed by atoms with Gasteiger partial charge in [0.05, 0.1) is 5.52 Å². The van der Waals surface area contributed by atoms with Crippen molar-refractivity contribution in [2.24, 2.45) is 0 Å². The van der Waals surface area contributed by atoms with Crippen molar-refractivity contribution in [3.05, 3.63) is 71.1 Å². The van der Waals surface area contributed by atoms with E-state index < -0.39 is 11.7 Å². The lowest BCUT2D eigenvalue weighted by atomic mass is 9.77. The van der Waals surface area contributed by atoms with E-state index in [4.69, 9.17) is 14.2 Å². The van der Waals surface area contributed by atoms with E-state index in [-0.39, 0.29) is 25.2 Å². The van der Waals surface area contributed by atoms with Gasteiger partial charge in [0.2, 0.25) is 6.79 Å². The highest BCUT2D eigenvalue weighted by molar-refractivity contribution is 6.07. The van der Waals surface area contributed by atoms with Crippen molar-refractivity contribution < 1.29 is 23.8 Å². The third-order valence-corrected chi connectivity index (χ3v) is 6.69. The van der Waals surface area contributed by atoms with Crippen LogP contribution in [0.3, 0.4) is 0 Å². The van der Waals surface area contributed by atoms with Crippen molar-refractivity contribution in [3.8, 4) is 11.5 Å². The number of pyridine rings is 1. The van der Waals surface area contributed by atoms with Crippen LogP contribution in [0.2, 0.25) is 0 Å². The molecule has 36 heavy (non-hydrogen) atoms. The van der Waals surface area contributed by atoms with Crippen LogP contribution in [0.1, 0.15) is 44.2 Å². The first kappa shape index (κ1) is 22.4. The standard InChI is InChI=1S/C28H27N3O5/c1-28(2,3)36-27(33)31-12-10-21-25(26(31)32)18(13-16-6-9-22-23(14-16)35-15-34-22)24-17-5-4-11-29-19(17)7-8-20(24)30-21/h4-9,11,14,18,30H,10,12-13,15H2,1-3H3. The summed E-state index contributed by atoms with van der Waals surface area (Å²) < 4.78 is 16.6. The van der Waals surface area contributed by atoms with Crippen LogP contribution in [0.25, 0.3) is 10.9 Å². The number of nitrogens with zero attached hydrogens (tertiary/aromatic N) is 2. The topological polar surface area (TPSA) is 90.0 Å². The zero-order chi connectivity index (χ0) is 25.0. The number of ether oxygens (including phenoxy) is 3. The van der Waals surface area contributed by atoms with Crippen molar-refractivity contribution in [3.63, 3.8) is 0 Å². The molecule has 1 unspecified atom stereocenters. The Morgan fingerprint density at radius 1 is 1.17 bits per heavy atom. The Bertz CT molecular complexity index is 1440. The van der Waals surface area contributed by atoms with Gasteiger partial charge in [-0.2, -0.15) is 0 Å². The molecule has 6 rings (SSSR count). The Morgan fingerprint density at radius 2 is 2.00 bits per heavy atom. The number of carbonyl (C=O) groups excluding carboxylic acids is 2. The summed E-state index contributed by atoms with van der Waals surface area (Å²) in [7, 11) is 0. The van der Waals surface area contributed by atoms with E-state index in [1.807, 2.05) is 42.5 Å². The number of rotatable bonds is 2. The van der Waals surface area contributed by atoms with Gasteiger partial charge in [-0.1, -0.05) is 12.1 Å². The number of anilines is 1. The van der Waals surface area contributed by atoms with Crippen molar-refractivity contribution in [2.45, 2.75) is 45.1 Å². The Morgan fingerprint density at radius 3 is 2.83 bits per heavy atom. The van der Waals surface area contributed by atoms with Crippen molar-refractivity contribution in [2.75, 3.05) is 18.7 Å². The summed E-state index contributed by atoms with van der Waals surface area (Å²) in [6, 6.07) is 13.8. The molecule has 1 aromatic heterocycles. The van der Waals surface area contributed by atoms with Crippen molar-refractivity contribution in [1.29, 1.82) is 0 Å². The van der Waals surface area contributed by atoms with Crippen LogP contribution in [0.4, 0.5) is 10.5 Å². The highest BCUT2D eigenvalue weighted by Crippen LogP contribution is 2.46. The summed E-state index contributed by atoms with van der Waals surface area (Å²) in [5.41, 5.74) is 4.55. The van der Waals surface area contributed by atoms with Gasteiger partial charge in [0, 0.05) is 47.4 Å². The van der Waals surface area contributed by atoms with E-state index in [9.17, 15) is 9.59 Å². The van der Waals surface area contributed by atoms with Gasteiger partial charge in [0.1, 0.15) is 5.60 Å². The van der Waals surface area contributed by atoms with Gasteiger partial charge in [0.25, 0.3) is 5.91 Å².